The van der Waals surface area contributed by atoms with E-state index in [2.05, 4.69) is 21.2 Å². The third kappa shape index (κ3) is 4.47. The van der Waals surface area contributed by atoms with E-state index in [-0.39, 0.29) is 11.3 Å². The van der Waals surface area contributed by atoms with Crippen molar-refractivity contribution >= 4 is 50.8 Å². The van der Waals surface area contributed by atoms with E-state index in [0.29, 0.717) is 10.7 Å². The Hall–Kier alpha value is -2.05. The lowest BCUT2D eigenvalue weighted by Gasteiger charge is -2.08. The zero-order valence-corrected chi connectivity index (χ0v) is 13.6. The van der Waals surface area contributed by atoms with Gasteiger partial charge in [0, 0.05) is 20.9 Å². The van der Waals surface area contributed by atoms with E-state index in [1.54, 1.807) is 30.3 Å². The van der Waals surface area contributed by atoms with E-state index in [9.17, 15) is 9.59 Å². The number of anilines is 2. The fraction of sp³-hybridized carbons (Fsp3) is 0.0667. The summed E-state index contributed by atoms with van der Waals surface area (Å²) in [5.74, 6) is -1.15. The number of hydrogen-bond donors (Lipinski definition) is 2. The Morgan fingerprint density at radius 3 is 2.55 bits per heavy atom. The van der Waals surface area contributed by atoms with Crippen molar-refractivity contribution in [1.29, 1.82) is 0 Å². The van der Waals surface area contributed by atoms with Gasteiger partial charge in [-0.3, -0.25) is 4.79 Å². The molecule has 0 aliphatic heterocycles. The minimum Gasteiger partial charge on any atom is -0.452 e. The van der Waals surface area contributed by atoms with Gasteiger partial charge in [-0.2, -0.15) is 0 Å². The molecule has 0 bridgehead atoms. The number of carbonyl (C=O) groups excluding carboxylic acids is 2. The van der Waals surface area contributed by atoms with E-state index in [1.165, 1.54) is 12.1 Å². The van der Waals surface area contributed by atoms with Gasteiger partial charge in [0.15, 0.2) is 6.61 Å². The summed E-state index contributed by atoms with van der Waals surface area (Å²) in [6.45, 7) is -0.416. The molecule has 1 amide bonds. The van der Waals surface area contributed by atoms with Crippen LogP contribution in [0.3, 0.4) is 0 Å². The van der Waals surface area contributed by atoms with E-state index in [4.69, 9.17) is 22.1 Å². The Balaban J connectivity index is 1.91. The highest BCUT2D eigenvalue weighted by atomic mass is 79.9. The van der Waals surface area contributed by atoms with Crippen molar-refractivity contribution in [1.82, 2.24) is 0 Å². The number of amides is 1. The summed E-state index contributed by atoms with van der Waals surface area (Å²) in [7, 11) is 0. The van der Waals surface area contributed by atoms with E-state index in [0.717, 1.165) is 4.47 Å². The summed E-state index contributed by atoms with van der Waals surface area (Å²) in [5.41, 5.74) is 6.64. The molecule has 0 unspecified atom stereocenters. The maximum Gasteiger partial charge on any atom is 0.340 e. The lowest BCUT2D eigenvalue weighted by molar-refractivity contribution is -0.119. The number of nitrogens with one attached hydrogen (secondary N) is 1. The van der Waals surface area contributed by atoms with Gasteiger partial charge >= 0.3 is 5.97 Å². The normalized spacial score (nSPS) is 10.1. The highest BCUT2D eigenvalue weighted by molar-refractivity contribution is 9.10. The largest absolute Gasteiger partial charge is 0.452 e. The third-order valence-corrected chi connectivity index (χ3v) is 3.46. The topological polar surface area (TPSA) is 81.4 Å². The molecule has 0 aliphatic rings. The summed E-state index contributed by atoms with van der Waals surface area (Å²) < 4.78 is 5.82. The first-order valence-corrected chi connectivity index (χ1v) is 7.40. The molecule has 0 heterocycles. The Labute approximate surface area is 140 Å². The second-order valence-electron chi connectivity index (χ2n) is 4.36. The predicted octanol–water partition coefficient (Wildman–Crippen LogP) is 3.48. The first kappa shape index (κ1) is 16.3. The molecule has 0 saturated heterocycles. The second-order valence-corrected chi connectivity index (χ2v) is 5.71. The quantitative estimate of drug-likeness (QED) is 0.625. The van der Waals surface area contributed by atoms with Gasteiger partial charge in [-0.25, -0.2) is 4.79 Å². The van der Waals surface area contributed by atoms with E-state index < -0.39 is 18.5 Å². The van der Waals surface area contributed by atoms with Crippen molar-refractivity contribution < 1.29 is 14.3 Å². The molecule has 0 atom stereocenters. The third-order valence-electron chi connectivity index (χ3n) is 2.70. The van der Waals surface area contributed by atoms with Crippen molar-refractivity contribution in [3.63, 3.8) is 0 Å². The molecular weight excluding hydrogens is 372 g/mol. The molecule has 7 heteroatoms. The molecule has 2 rings (SSSR count). The van der Waals surface area contributed by atoms with Gasteiger partial charge in [-0.05, 0) is 42.5 Å². The van der Waals surface area contributed by atoms with Crippen LogP contribution in [0.5, 0.6) is 0 Å². The van der Waals surface area contributed by atoms with Gasteiger partial charge in [-0.15, -0.1) is 0 Å². The van der Waals surface area contributed by atoms with Gasteiger partial charge in [0.2, 0.25) is 0 Å². The van der Waals surface area contributed by atoms with Crippen molar-refractivity contribution in [2.24, 2.45) is 0 Å². The molecule has 22 heavy (non-hydrogen) atoms. The van der Waals surface area contributed by atoms with Gasteiger partial charge in [-0.1, -0.05) is 27.5 Å². The molecule has 2 aromatic carbocycles. The van der Waals surface area contributed by atoms with Gasteiger partial charge in [0.05, 0.1) is 5.56 Å². The van der Waals surface area contributed by atoms with Crippen molar-refractivity contribution in [2.75, 3.05) is 17.7 Å². The average molecular weight is 384 g/mol. The highest BCUT2D eigenvalue weighted by Crippen LogP contribution is 2.19. The summed E-state index contributed by atoms with van der Waals surface area (Å²) in [6, 6.07) is 11.5. The monoisotopic (exact) mass is 382 g/mol. The van der Waals surface area contributed by atoms with E-state index in [1.807, 2.05) is 0 Å². The number of nitrogens with two attached hydrogens (primary N) is 1. The van der Waals surface area contributed by atoms with Crippen LogP contribution in [-0.4, -0.2) is 18.5 Å². The first-order valence-electron chi connectivity index (χ1n) is 6.23. The zero-order chi connectivity index (χ0) is 16.1. The predicted molar refractivity (Wildman–Crippen MR) is 88.9 cm³/mol. The molecule has 0 fully saturated rings. The number of benzene rings is 2. The fourth-order valence-corrected chi connectivity index (χ4v) is 2.08. The molecule has 0 aromatic heterocycles. The number of hydrogen-bond acceptors (Lipinski definition) is 4. The molecule has 2 aromatic rings. The van der Waals surface area contributed by atoms with Gasteiger partial charge < -0.3 is 15.8 Å². The average Bonchev–Trinajstić information content (AvgIpc) is 2.49. The van der Waals surface area contributed by atoms with Gasteiger partial charge in [0.25, 0.3) is 5.91 Å². The Morgan fingerprint density at radius 1 is 1.18 bits per heavy atom. The number of halogens is 2. The highest BCUT2D eigenvalue weighted by Gasteiger charge is 2.14. The van der Waals surface area contributed by atoms with Crippen LogP contribution in [0.2, 0.25) is 5.02 Å². The molecular formula is C15H12BrClN2O3. The minimum absolute atomic E-state index is 0.129. The molecule has 3 N–H and O–H groups in total. The Kier molecular flexibility index (Phi) is 5.41. The van der Waals surface area contributed by atoms with E-state index >= 15 is 0 Å². The van der Waals surface area contributed by atoms with Crippen LogP contribution >= 0.6 is 27.5 Å². The molecule has 0 aliphatic carbocycles. The summed E-state index contributed by atoms with van der Waals surface area (Å²) in [6.07, 6.45) is 0. The van der Waals surface area contributed by atoms with Crippen LogP contribution in [0.1, 0.15) is 10.4 Å². The molecule has 0 saturated carbocycles. The zero-order valence-electron chi connectivity index (χ0n) is 11.3. The number of rotatable bonds is 4. The summed E-state index contributed by atoms with van der Waals surface area (Å²) in [5, 5.41) is 2.97. The van der Waals surface area contributed by atoms with Crippen LogP contribution in [0.15, 0.2) is 46.9 Å². The van der Waals surface area contributed by atoms with Crippen molar-refractivity contribution in [3.05, 3.63) is 57.5 Å². The SMILES string of the molecule is Nc1ccc(Cl)cc1C(=O)OCC(=O)Nc1ccc(Br)cc1. The number of nitrogen functional groups attached to an aromatic ring is 1. The number of carbonyl (C=O) groups is 2. The van der Waals surface area contributed by atoms with Crippen molar-refractivity contribution in [2.45, 2.75) is 0 Å². The van der Waals surface area contributed by atoms with Crippen LogP contribution in [-0.2, 0) is 9.53 Å². The number of ether oxygens (including phenoxy) is 1. The minimum atomic E-state index is -0.703. The lowest BCUT2D eigenvalue weighted by atomic mass is 10.2. The lowest BCUT2D eigenvalue weighted by Crippen LogP contribution is -2.21. The fourth-order valence-electron chi connectivity index (χ4n) is 1.64. The van der Waals surface area contributed by atoms with Crippen LogP contribution in [0.4, 0.5) is 11.4 Å². The molecule has 0 radical (unpaired) electrons. The van der Waals surface area contributed by atoms with Crippen LogP contribution in [0, 0.1) is 0 Å². The first-order chi connectivity index (χ1) is 10.5. The Bertz CT molecular complexity index is 704. The summed E-state index contributed by atoms with van der Waals surface area (Å²) in [4.78, 5) is 23.6. The second kappa shape index (κ2) is 7.29. The smallest absolute Gasteiger partial charge is 0.340 e. The Morgan fingerprint density at radius 2 is 1.86 bits per heavy atom. The molecule has 114 valence electrons. The van der Waals surface area contributed by atoms with Crippen LogP contribution < -0.4 is 11.1 Å². The van der Waals surface area contributed by atoms with Gasteiger partial charge in [0.1, 0.15) is 0 Å². The number of esters is 1. The standard InChI is InChI=1S/C15H12BrClN2O3/c16-9-1-4-11(5-2-9)19-14(20)8-22-15(21)12-7-10(17)3-6-13(12)18/h1-7H,8,18H2,(H,19,20). The summed E-state index contributed by atoms with van der Waals surface area (Å²) >= 11 is 9.09. The van der Waals surface area contributed by atoms with Crippen LogP contribution in [0.25, 0.3) is 0 Å². The maximum absolute atomic E-state index is 11.9. The maximum atomic E-state index is 11.9. The molecule has 5 nitrogen and oxygen atoms in total. The van der Waals surface area contributed by atoms with Crippen molar-refractivity contribution in [3.8, 4) is 0 Å². The molecule has 0 spiro atoms.